The Labute approximate surface area is 132 Å². The Morgan fingerprint density at radius 2 is 2.48 bits per heavy atom. The summed E-state index contributed by atoms with van der Waals surface area (Å²) in [6.45, 7) is 4.10. The number of carbonyl (C=O) groups is 1. The van der Waals surface area contributed by atoms with E-state index < -0.39 is 0 Å². The van der Waals surface area contributed by atoms with Gasteiger partial charge in [0.1, 0.15) is 5.82 Å². The highest BCUT2D eigenvalue weighted by Gasteiger charge is 2.26. The number of aliphatic hydroxyl groups excluding tert-OH is 1. The minimum atomic E-state index is -0.310. The second-order valence-electron chi connectivity index (χ2n) is 4.90. The van der Waals surface area contributed by atoms with Gasteiger partial charge in [-0.3, -0.25) is 4.79 Å². The first kappa shape index (κ1) is 16.2. The number of aliphatic hydroxyl groups is 1. The average molecular weight is 358 g/mol. The molecule has 7 heteroatoms. The van der Waals surface area contributed by atoms with E-state index in [1.165, 1.54) is 0 Å². The molecule has 0 radical (unpaired) electrons. The van der Waals surface area contributed by atoms with E-state index in [4.69, 9.17) is 4.74 Å². The number of hydrogen-bond acceptors (Lipinski definition) is 5. The van der Waals surface area contributed by atoms with Crippen molar-refractivity contribution < 1.29 is 14.6 Å². The Morgan fingerprint density at radius 1 is 1.67 bits per heavy atom. The molecule has 2 N–H and O–H groups in total. The van der Waals surface area contributed by atoms with Gasteiger partial charge in [-0.15, -0.1) is 0 Å². The summed E-state index contributed by atoms with van der Waals surface area (Å²) in [5, 5.41) is 12.4. The van der Waals surface area contributed by atoms with Gasteiger partial charge in [0.15, 0.2) is 0 Å². The van der Waals surface area contributed by atoms with Gasteiger partial charge in [0, 0.05) is 30.3 Å². The second-order valence-corrected chi connectivity index (χ2v) is 5.82. The molecular formula is C14H20BrN3O3. The van der Waals surface area contributed by atoms with Gasteiger partial charge in [0.05, 0.1) is 24.9 Å². The molecule has 0 aliphatic carbocycles. The molecule has 1 saturated heterocycles. The number of carbonyl (C=O) groups excluding carboxylic acids is 1. The Hall–Kier alpha value is -1.18. The third-order valence-electron chi connectivity index (χ3n) is 3.26. The summed E-state index contributed by atoms with van der Waals surface area (Å²) >= 11 is 3.36. The molecular weight excluding hydrogens is 338 g/mol. The number of aromatic nitrogens is 1. The number of pyridine rings is 1. The SMILES string of the molecule is CCCNc1ncc(Br)cc1C(=O)N1CCOC(CO)C1. The Balaban J connectivity index is 2.18. The third kappa shape index (κ3) is 4.15. The molecule has 2 rings (SSSR count). The van der Waals surface area contributed by atoms with Crippen molar-refractivity contribution in [3.63, 3.8) is 0 Å². The van der Waals surface area contributed by atoms with E-state index in [0.717, 1.165) is 17.4 Å². The maximum Gasteiger partial charge on any atom is 0.257 e. The number of rotatable bonds is 5. The fraction of sp³-hybridized carbons (Fsp3) is 0.571. The molecule has 116 valence electrons. The van der Waals surface area contributed by atoms with Gasteiger partial charge in [0.25, 0.3) is 5.91 Å². The summed E-state index contributed by atoms with van der Waals surface area (Å²) in [5.74, 6) is 0.501. The van der Waals surface area contributed by atoms with Crippen molar-refractivity contribution in [2.45, 2.75) is 19.4 Å². The van der Waals surface area contributed by atoms with E-state index in [-0.39, 0.29) is 18.6 Å². The van der Waals surface area contributed by atoms with Crippen molar-refractivity contribution in [3.8, 4) is 0 Å². The maximum atomic E-state index is 12.7. The van der Waals surface area contributed by atoms with Crippen LogP contribution >= 0.6 is 15.9 Å². The summed E-state index contributed by atoms with van der Waals surface area (Å²) in [5.41, 5.74) is 0.538. The van der Waals surface area contributed by atoms with E-state index in [0.29, 0.717) is 31.1 Å². The zero-order valence-electron chi connectivity index (χ0n) is 12.0. The van der Waals surface area contributed by atoms with Crippen LogP contribution in [-0.4, -0.2) is 59.8 Å². The molecule has 1 unspecified atom stereocenters. The molecule has 0 bridgehead atoms. The molecule has 1 aliphatic rings. The van der Waals surface area contributed by atoms with Crippen LogP contribution in [0.1, 0.15) is 23.7 Å². The average Bonchev–Trinajstić information content (AvgIpc) is 2.53. The monoisotopic (exact) mass is 357 g/mol. The zero-order chi connectivity index (χ0) is 15.2. The largest absolute Gasteiger partial charge is 0.394 e. The molecule has 1 fully saturated rings. The minimum absolute atomic E-state index is 0.0819. The smallest absolute Gasteiger partial charge is 0.257 e. The van der Waals surface area contributed by atoms with Crippen LogP contribution in [-0.2, 0) is 4.74 Å². The molecule has 0 spiro atoms. The normalized spacial score (nSPS) is 18.6. The molecule has 2 heterocycles. The minimum Gasteiger partial charge on any atom is -0.394 e. The summed E-state index contributed by atoms with van der Waals surface area (Å²) < 4.78 is 6.14. The Bertz CT molecular complexity index is 498. The van der Waals surface area contributed by atoms with Crippen LogP contribution in [0.25, 0.3) is 0 Å². The number of hydrogen-bond donors (Lipinski definition) is 2. The van der Waals surface area contributed by atoms with E-state index in [1.807, 2.05) is 0 Å². The number of amides is 1. The van der Waals surface area contributed by atoms with Crippen molar-refractivity contribution in [1.29, 1.82) is 0 Å². The molecule has 1 amide bonds. The first-order chi connectivity index (χ1) is 10.2. The lowest BCUT2D eigenvalue weighted by atomic mass is 10.2. The predicted octanol–water partition coefficient (Wildman–Crippen LogP) is 1.50. The lowest BCUT2D eigenvalue weighted by Crippen LogP contribution is -2.47. The number of morpholine rings is 1. The number of halogens is 1. The van der Waals surface area contributed by atoms with Crippen LogP contribution in [0.4, 0.5) is 5.82 Å². The van der Waals surface area contributed by atoms with Crippen LogP contribution in [0, 0.1) is 0 Å². The zero-order valence-corrected chi connectivity index (χ0v) is 13.6. The van der Waals surface area contributed by atoms with Gasteiger partial charge in [-0.25, -0.2) is 4.98 Å². The lowest BCUT2D eigenvalue weighted by Gasteiger charge is -2.32. The topological polar surface area (TPSA) is 74.7 Å². The molecule has 0 saturated carbocycles. The van der Waals surface area contributed by atoms with E-state index >= 15 is 0 Å². The van der Waals surface area contributed by atoms with Gasteiger partial charge >= 0.3 is 0 Å². The lowest BCUT2D eigenvalue weighted by molar-refractivity contribution is -0.0447. The molecule has 21 heavy (non-hydrogen) atoms. The predicted molar refractivity (Wildman–Crippen MR) is 83.4 cm³/mol. The van der Waals surface area contributed by atoms with Crippen LogP contribution < -0.4 is 5.32 Å². The number of ether oxygens (including phenoxy) is 1. The van der Waals surface area contributed by atoms with Crippen molar-refractivity contribution in [2.75, 3.05) is 38.2 Å². The molecule has 6 nitrogen and oxygen atoms in total. The fourth-order valence-electron chi connectivity index (χ4n) is 2.17. The van der Waals surface area contributed by atoms with Crippen molar-refractivity contribution in [1.82, 2.24) is 9.88 Å². The highest BCUT2D eigenvalue weighted by atomic mass is 79.9. The summed E-state index contributed by atoms with van der Waals surface area (Å²) in [6, 6.07) is 1.77. The van der Waals surface area contributed by atoms with E-state index in [1.54, 1.807) is 17.2 Å². The van der Waals surface area contributed by atoms with Crippen LogP contribution in [0.15, 0.2) is 16.7 Å². The first-order valence-corrected chi connectivity index (χ1v) is 7.86. The second kappa shape index (κ2) is 7.72. The van der Waals surface area contributed by atoms with Gasteiger partial charge in [-0.2, -0.15) is 0 Å². The van der Waals surface area contributed by atoms with E-state index in [2.05, 4.69) is 33.2 Å². The van der Waals surface area contributed by atoms with Crippen molar-refractivity contribution in [2.24, 2.45) is 0 Å². The van der Waals surface area contributed by atoms with Crippen LogP contribution in [0.3, 0.4) is 0 Å². The van der Waals surface area contributed by atoms with Crippen molar-refractivity contribution >= 4 is 27.7 Å². The number of nitrogens with one attached hydrogen (secondary N) is 1. The summed E-state index contributed by atoms with van der Waals surface area (Å²) in [4.78, 5) is 18.7. The number of anilines is 1. The number of nitrogens with zero attached hydrogens (tertiary/aromatic N) is 2. The molecule has 1 aromatic heterocycles. The Kier molecular flexibility index (Phi) is 5.96. The standard InChI is InChI=1S/C14H20BrN3O3/c1-2-3-16-13-12(6-10(15)7-17-13)14(20)18-4-5-21-11(8-18)9-19/h6-7,11,19H,2-5,8-9H2,1H3,(H,16,17). The fourth-order valence-corrected chi connectivity index (χ4v) is 2.50. The Morgan fingerprint density at radius 3 is 3.19 bits per heavy atom. The van der Waals surface area contributed by atoms with Crippen molar-refractivity contribution in [3.05, 3.63) is 22.3 Å². The summed E-state index contributed by atoms with van der Waals surface area (Å²) in [7, 11) is 0. The molecule has 1 atom stereocenters. The summed E-state index contributed by atoms with van der Waals surface area (Å²) in [6.07, 6.45) is 2.31. The van der Waals surface area contributed by atoms with Gasteiger partial charge < -0.3 is 20.1 Å². The molecule has 1 aromatic rings. The molecule has 0 aromatic carbocycles. The maximum absolute atomic E-state index is 12.7. The highest BCUT2D eigenvalue weighted by molar-refractivity contribution is 9.10. The first-order valence-electron chi connectivity index (χ1n) is 7.06. The highest BCUT2D eigenvalue weighted by Crippen LogP contribution is 2.21. The van der Waals surface area contributed by atoms with Crippen LogP contribution in [0.2, 0.25) is 0 Å². The van der Waals surface area contributed by atoms with Crippen LogP contribution in [0.5, 0.6) is 0 Å². The van der Waals surface area contributed by atoms with E-state index in [9.17, 15) is 9.90 Å². The van der Waals surface area contributed by atoms with Gasteiger partial charge in [-0.05, 0) is 28.4 Å². The van der Waals surface area contributed by atoms with Gasteiger partial charge in [0.2, 0.25) is 0 Å². The quantitative estimate of drug-likeness (QED) is 0.835. The van der Waals surface area contributed by atoms with Gasteiger partial charge in [-0.1, -0.05) is 6.92 Å². The third-order valence-corrected chi connectivity index (χ3v) is 3.69. The molecule has 1 aliphatic heterocycles.